The average molecular weight is 280 g/mol. The summed E-state index contributed by atoms with van der Waals surface area (Å²) < 4.78 is 6.02. The normalized spacial score (nSPS) is 41.0. The minimum Gasteiger partial charge on any atom is -0.378 e. The number of nitrogens with zero attached hydrogens (tertiary/aromatic N) is 1. The molecule has 4 atom stereocenters. The first kappa shape index (κ1) is 14.8. The lowest BCUT2D eigenvalue weighted by Gasteiger charge is -2.56. The molecule has 20 heavy (non-hydrogen) atoms. The van der Waals surface area contributed by atoms with Crippen LogP contribution in [0.3, 0.4) is 0 Å². The topological polar surface area (TPSA) is 24.5 Å². The summed E-state index contributed by atoms with van der Waals surface area (Å²) in [6.07, 6.45) is 9.99. The zero-order valence-corrected chi connectivity index (χ0v) is 13.5. The predicted molar refractivity (Wildman–Crippen MR) is 83.0 cm³/mol. The fourth-order valence-corrected chi connectivity index (χ4v) is 4.85. The summed E-state index contributed by atoms with van der Waals surface area (Å²) in [5.41, 5.74) is 0.489. The highest BCUT2D eigenvalue weighted by Gasteiger charge is 2.56. The van der Waals surface area contributed by atoms with E-state index in [4.69, 9.17) is 4.74 Å². The molecular formula is C17H32N2O. The van der Waals surface area contributed by atoms with Crippen LogP contribution in [0.5, 0.6) is 0 Å². The van der Waals surface area contributed by atoms with Crippen molar-refractivity contribution in [1.82, 2.24) is 10.2 Å². The zero-order chi connectivity index (χ0) is 14.2. The number of nitrogens with one attached hydrogen (secondary N) is 1. The first-order valence-corrected chi connectivity index (χ1v) is 8.73. The van der Waals surface area contributed by atoms with Crippen molar-refractivity contribution in [2.45, 2.75) is 83.0 Å². The van der Waals surface area contributed by atoms with E-state index in [1.165, 1.54) is 51.5 Å². The molecule has 0 bridgehead atoms. The van der Waals surface area contributed by atoms with Crippen molar-refractivity contribution in [2.75, 3.05) is 20.2 Å². The summed E-state index contributed by atoms with van der Waals surface area (Å²) in [6.45, 7) is 6.63. The van der Waals surface area contributed by atoms with Gasteiger partial charge in [0.05, 0.1) is 6.10 Å². The second-order valence-electron chi connectivity index (χ2n) is 7.39. The van der Waals surface area contributed by atoms with Gasteiger partial charge in [0.15, 0.2) is 0 Å². The van der Waals surface area contributed by atoms with E-state index in [9.17, 15) is 0 Å². The Hall–Kier alpha value is -0.120. The molecule has 1 heterocycles. The van der Waals surface area contributed by atoms with E-state index in [1.54, 1.807) is 0 Å². The summed E-state index contributed by atoms with van der Waals surface area (Å²) in [5.74, 6) is 0. The minimum atomic E-state index is 0.489. The summed E-state index contributed by atoms with van der Waals surface area (Å²) >= 11 is 0. The van der Waals surface area contributed by atoms with Gasteiger partial charge in [0, 0.05) is 30.1 Å². The monoisotopic (exact) mass is 280 g/mol. The number of piperidine rings is 1. The first-order chi connectivity index (χ1) is 9.65. The van der Waals surface area contributed by atoms with Crippen molar-refractivity contribution < 1.29 is 4.74 Å². The molecule has 0 radical (unpaired) electrons. The van der Waals surface area contributed by atoms with Crippen molar-refractivity contribution in [3.63, 3.8) is 0 Å². The lowest BCUT2D eigenvalue weighted by atomic mass is 9.60. The molecule has 3 aliphatic rings. The molecule has 2 saturated carbocycles. The Bertz CT molecular complexity index is 327. The summed E-state index contributed by atoms with van der Waals surface area (Å²) in [4.78, 5) is 2.49. The molecule has 3 heteroatoms. The highest BCUT2D eigenvalue weighted by atomic mass is 16.5. The molecule has 3 nitrogen and oxygen atoms in total. The van der Waals surface area contributed by atoms with E-state index in [0.29, 0.717) is 11.5 Å². The molecule has 0 amide bonds. The van der Waals surface area contributed by atoms with Crippen molar-refractivity contribution in [3.05, 3.63) is 0 Å². The lowest BCUT2D eigenvalue weighted by Crippen LogP contribution is -2.65. The molecule has 116 valence electrons. The molecule has 1 aliphatic heterocycles. The largest absolute Gasteiger partial charge is 0.378 e. The quantitative estimate of drug-likeness (QED) is 0.857. The Morgan fingerprint density at radius 3 is 2.65 bits per heavy atom. The van der Waals surface area contributed by atoms with Crippen molar-refractivity contribution in [2.24, 2.45) is 5.41 Å². The molecule has 2 aliphatic carbocycles. The Labute approximate surface area is 124 Å². The molecule has 1 saturated heterocycles. The van der Waals surface area contributed by atoms with E-state index in [0.717, 1.165) is 24.7 Å². The van der Waals surface area contributed by atoms with Crippen LogP contribution in [0, 0.1) is 5.41 Å². The van der Waals surface area contributed by atoms with Gasteiger partial charge in [0.2, 0.25) is 0 Å². The van der Waals surface area contributed by atoms with Gasteiger partial charge in [-0.05, 0) is 59.5 Å². The highest BCUT2D eigenvalue weighted by Crippen LogP contribution is 2.55. The Kier molecular flexibility index (Phi) is 4.40. The van der Waals surface area contributed by atoms with Crippen molar-refractivity contribution >= 4 is 0 Å². The van der Waals surface area contributed by atoms with Crippen LogP contribution in [0.1, 0.15) is 58.8 Å². The zero-order valence-electron chi connectivity index (χ0n) is 13.5. The third-order valence-corrected chi connectivity index (χ3v) is 6.33. The molecule has 0 unspecified atom stereocenters. The van der Waals surface area contributed by atoms with Gasteiger partial charge in [-0.3, -0.25) is 0 Å². The molecule has 1 spiro atoms. The molecule has 0 aromatic carbocycles. The van der Waals surface area contributed by atoms with Crippen LogP contribution in [0.2, 0.25) is 0 Å². The van der Waals surface area contributed by atoms with Crippen LogP contribution < -0.4 is 5.32 Å². The van der Waals surface area contributed by atoms with Gasteiger partial charge < -0.3 is 15.0 Å². The SMILES string of the molecule is CCO[C@@H]1C[C@H](N[C@H]2CCN(C)[C@@H](C)C2)C12CCCC2. The highest BCUT2D eigenvalue weighted by molar-refractivity contribution is 5.10. The number of ether oxygens (including phenoxy) is 1. The fraction of sp³-hybridized carbons (Fsp3) is 1.00. The third-order valence-electron chi connectivity index (χ3n) is 6.33. The molecule has 0 aromatic rings. The average Bonchev–Trinajstić information content (AvgIpc) is 2.94. The van der Waals surface area contributed by atoms with Gasteiger partial charge in [0.1, 0.15) is 0 Å². The lowest BCUT2D eigenvalue weighted by molar-refractivity contribution is -0.134. The Morgan fingerprint density at radius 2 is 2.00 bits per heavy atom. The second kappa shape index (κ2) is 5.94. The van der Waals surface area contributed by atoms with Crippen LogP contribution >= 0.6 is 0 Å². The van der Waals surface area contributed by atoms with Gasteiger partial charge in [-0.2, -0.15) is 0 Å². The standard InChI is InChI=1S/C17H32N2O/c1-4-20-16-12-15(17(16)8-5-6-9-17)18-14-7-10-19(3)13(2)11-14/h13-16,18H,4-12H2,1-3H3/t13-,14-,15-,16+/m0/s1. The summed E-state index contributed by atoms with van der Waals surface area (Å²) in [5, 5.41) is 4.02. The molecule has 0 aromatic heterocycles. The Morgan fingerprint density at radius 1 is 1.25 bits per heavy atom. The molecule has 1 N–H and O–H groups in total. The van der Waals surface area contributed by atoms with Crippen molar-refractivity contribution in [3.8, 4) is 0 Å². The number of rotatable bonds is 4. The van der Waals surface area contributed by atoms with Crippen LogP contribution in [-0.2, 0) is 4.74 Å². The van der Waals surface area contributed by atoms with Gasteiger partial charge in [-0.15, -0.1) is 0 Å². The summed E-state index contributed by atoms with van der Waals surface area (Å²) in [7, 11) is 2.26. The van der Waals surface area contributed by atoms with Crippen LogP contribution in [0.15, 0.2) is 0 Å². The maximum atomic E-state index is 6.02. The number of hydrogen-bond acceptors (Lipinski definition) is 3. The molecule has 3 rings (SSSR count). The van der Waals surface area contributed by atoms with Crippen LogP contribution in [-0.4, -0.2) is 49.3 Å². The molecule has 3 fully saturated rings. The predicted octanol–water partition coefficient (Wildman–Crippen LogP) is 2.80. The first-order valence-electron chi connectivity index (χ1n) is 8.73. The third kappa shape index (κ3) is 2.53. The van der Waals surface area contributed by atoms with E-state index in [-0.39, 0.29) is 0 Å². The van der Waals surface area contributed by atoms with E-state index >= 15 is 0 Å². The number of hydrogen-bond donors (Lipinski definition) is 1. The van der Waals surface area contributed by atoms with Crippen molar-refractivity contribution in [1.29, 1.82) is 0 Å². The van der Waals surface area contributed by atoms with Crippen LogP contribution in [0.25, 0.3) is 0 Å². The Balaban J connectivity index is 1.58. The number of likely N-dealkylation sites (tertiary alicyclic amines) is 1. The summed E-state index contributed by atoms with van der Waals surface area (Å²) in [6, 6.07) is 2.18. The molecular weight excluding hydrogens is 248 g/mol. The van der Waals surface area contributed by atoms with Gasteiger partial charge in [-0.25, -0.2) is 0 Å². The van der Waals surface area contributed by atoms with Crippen LogP contribution in [0.4, 0.5) is 0 Å². The van der Waals surface area contributed by atoms with Gasteiger partial charge in [-0.1, -0.05) is 12.8 Å². The van der Waals surface area contributed by atoms with Gasteiger partial charge >= 0.3 is 0 Å². The minimum absolute atomic E-state index is 0.489. The van der Waals surface area contributed by atoms with E-state index < -0.39 is 0 Å². The smallest absolute Gasteiger partial charge is 0.0661 e. The second-order valence-corrected chi connectivity index (χ2v) is 7.39. The maximum Gasteiger partial charge on any atom is 0.0661 e. The maximum absolute atomic E-state index is 6.02. The van der Waals surface area contributed by atoms with E-state index in [2.05, 4.69) is 31.1 Å². The fourth-order valence-electron chi connectivity index (χ4n) is 4.85. The van der Waals surface area contributed by atoms with Gasteiger partial charge in [0.25, 0.3) is 0 Å². The van der Waals surface area contributed by atoms with E-state index in [1.807, 2.05) is 0 Å².